The van der Waals surface area contributed by atoms with Crippen LogP contribution < -0.4 is 10.5 Å². The molecule has 2 aromatic rings. The highest BCUT2D eigenvalue weighted by Crippen LogP contribution is 2.19. The fourth-order valence-corrected chi connectivity index (χ4v) is 2.76. The Hall–Kier alpha value is -2.00. The predicted octanol–water partition coefficient (Wildman–Crippen LogP) is -0.179. The molecule has 18 heavy (non-hydrogen) atoms. The number of hydrogen-bond donors (Lipinski definition) is 3. The topological polar surface area (TPSA) is 127 Å². The average Bonchev–Trinajstić information content (AvgIpc) is 2.82. The van der Waals surface area contributed by atoms with Gasteiger partial charge >= 0.3 is 0 Å². The first-order valence-corrected chi connectivity index (χ1v) is 6.59. The van der Waals surface area contributed by atoms with Crippen LogP contribution >= 0.6 is 0 Å². The van der Waals surface area contributed by atoms with E-state index in [0.29, 0.717) is 0 Å². The van der Waals surface area contributed by atoms with Crippen molar-refractivity contribution in [2.24, 2.45) is 0 Å². The number of hydrogen-bond acceptors (Lipinski definition) is 6. The van der Waals surface area contributed by atoms with Crippen LogP contribution in [0.5, 0.6) is 0 Å². The molecule has 1 aromatic heterocycles. The third-order valence-electron chi connectivity index (χ3n) is 2.29. The minimum Gasteiger partial charge on any atom is -0.398 e. The van der Waals surface area contributed by atoms with E-state index in [9.17, 15) is 8.42 Å². The zero-order chi connectivity index (χ0) is 13.2. The van der Waals surface area contributed by atoms with E-state index in [4.69, 9.17) is 5.73 Å². The van der Waals surface area contributed by atoms with Crippen LogP contribution in [0.3, 0.4) is 0 Å². The molecule has 0 aliphatic rings. The number of benzene rings is 1. The van der Waals surface area contributed by atoms with Gasteiger partial charge in [-0.2, -0.15) is 5.21 Å². The monoisotopic (exact) mass is 268 g/mol. The molecular formula is C9H12N6O2S. The first-order chi connectivity index (χ1) is 8.50. The third kappa shape index (κ3) is 2.46. The molecule has 4 N–H and O–H groups in total. The molecule has 0 amide bonds. The lowest BCUT2D eigenvalue weighted by Crippen LogP contribution is -2.28. The van der Waals surface area contributed by atoms with Crippen LogP contribution in [-0.4, -0.2) is 29.0 Å². The molecule has 1 aromatic carbocycles. The van der Waals surface area contributed by atoms with Crippen molar-refractivity contribution in [2.75, 3.05) is 5.73 Å². The summed E-state index contributed by atoms with van der Waals surface area (Å²) in [5.74, 6) is 0.257. The Kier molecular flexibility index (Phi) is 3.26. The standard InChI is InChI=1S/C9H12N6O2S/c1-6(9-11-14-15-12-9)13-18(16,17)8-5-3-2-4-7(8)10/h2-6,13H,10H2,1H3,(H,11,12,14,15). The third-order valence-corrected chi connectivity index (χ3v) is 3.90. The first kappa shape index (κ1) is 12.5. The quantitative estimate of drug-likeness (QED) is 0.660. The number of aromatic amines is 1. The van der Waals surface area contributed by atoms with Gasteiger partial charge in [-0.3, -0.25) is 0 Å². The maximum absolute atomic E-state index is 12.1. The van der Waals surface area contributed by atoms with E-state index in [1.165, 1.54) is 12.1 Å². The molecule has 0 spiro atoms. The summed E-state index contributed by atoms with van der Waals surface area (Å²) in [5, 5.41) is 13.0. The van der Waals surface area contributed by atoms with Crippen molar-refractivity contribution in [3.63, 3.8) is 0 Å². The van der Waals surface area contributed by atoms with E-state index in [2.05, 4.69) is 25.3 Å². The minimum absolute atomic E-state index is 0.0281. The van der Waals surface area contributed by atoms with Gasteiger partial charge in [-0.25, -0.2) is 13.1 Å². The Morgan fingerprint density at radius 3 is 2.72 bits per heavy atom. The SMILES string of the molecule is CC(NS(=O)(=O)c1ccccc1N)c1nn[nH]n1. The molecule has 2 rings (SSSR count). The molecule has 0 saturated carbocycles. The summed E-state index contributed by atoms with van der Waals surface area (Å²) in [6.45, 7) is 1.61. The zero-order valence-electron chi connectivity index (χ0n) is 9.53. The number of H-pyrrole nitrogens is 1. The average molecular weight is 268 g/mol. The summed E-state index contributed by atoms with van der Waals surface area (Å²) in [5.41, 5.74) is 5.82. The Morgan fingerprint density at radius 1 is 1.39 bits per heavy atom. The van der Waals surface area contributed by atoms with E-state index >= 15 is 0 Å². The molecule has 0 aliphatic heterocycles. The van der Waals surface area contributed by atoms with Gasteiger partial charge in [-0.15, -0.1) is 10.2 Å². The zero-order valence-corrected chi connectivity index (χ0v) is 10.3. The smallest absolute Gasteiger partial charge is 0.243 e. The number of nitrogens with zero attached hydrogens (tertiary/aromatic N) is 3. The molecule has 1 heterocycles. The lowest BCUT2D eigenvalue weighted by atomic mass is 10.3. The van der Waals surface area contributed by atoms with E-state index in [-0.39, 0.29) is 16.4 Å². The Balaban J connectivity index is 2.26. The highest BCUT2D eigenvalue weighted by atomic mass is 32.2. The highest BCUT2D eigenvalue weighted by Gasteiger charge is 2.22. The van der Waals surface area contributed by atoms with Gasteiger partial charge in [0.05, 0.1) is 11.7 Å². The van der Waals surface area contributed by atoms with E-state index in [1.807, 2.05) is 0 Å². The largest absolute Gasteiger partial charge is 0.398 e. The van der Waals surface area contributed by atoms with Crippen LogP contribution in [0.4, 0.5) is 5.69 Å². The van der Waals surface area contributed by atoms with Crippen LogP contribution in [0.25, 0.3) is 0 Å². The van der Waals surface area contributed by atoms with Crippen molar-refractivity contribution in [1.82, 2.24) is 25.3 Å². The molecule has 0 bridgehead atoms. The van der Waals surface area contributed by atoms with Gasteiger partial charge in [-0.1, -0.05) is 17.3 Å². The van der Waals surface area contributed by atoms with Crippen molar-refractivity contribution in [2.45, 2.75) is 17.9 Å². The predicted molar refractivity (Wildman–Crippen MR) is 63.8 cm³/mol. The molecule has 96 valence electrons. The van der Waals surface area contributed by atoms with Crippen LogP contribution in [0, 0.1) is 0 Å². The summed E-state index contributed by atoms with van der Waals surface area (Å²) in [7, 11) is -3.71. The molecule has 0 saturated heterocycles. The second-order valence-corrected chi connectivity index (χ2v) is 5.33. The van der Waals surface area contributed by atoms with E-state index < -0.39 is 16.1 Å². The molecular weight excluding hydrogens is 256 g/mol. The number of tetrazole rings is 1. The van der Waals surface area contributed by atoms with Crippen molar-refractivity contribution < 1.29 is 8.42 Å². The van der Waals surface area contributed by atoms with Gasteiger partial charge in [0.2, 0.25) is 10.0 Å². The van der Waals surface area contributed by atoms with Crippen LogP contribution in [0.2, 0.25) is 0 Å². The lowest BCUT2D eigenvalue weighted by molar-refractivity contribution is 0.560. The summed E-state index contributed by atoms with van der Waals surface area (Å²) in [6.07, 6.45) is 0. The Bertz CT molecular complexity index is 624. The van der Waals surface area contributed by atoms with Gasteiger partial charge in [0.1, 0.15) is 4.90 Å². The molecule has 8 nitrogen and oxygen atoms in total. The Morgan fingerprint density at radius 2 is 2.11 bits per heavy atom. The van der Waals surface area contributed by atoms with Crippen LogP contribution in [-0.2, 0) is 10.0 Å². The van der Waals surface area contributed by atoms with Crippen molar-refractivity contribution in [3.8, 4) is 0 Å². The number of nitrogen functional groups attached to an aromatic ring is 1. The van der Waals surface area contributed by atoms with Crippen molar-refractivity contribution in [3.05, 3.63) is 30.1 Å². The molecule has 0 radical (unpaired) electrons. The molecule has 1 unspecified atom stereocenters. The summed E-state index contributed by atoms with van der Waals surface area (Å²) >= 11 is 0. The van der Waals surface area contributed by atoms with Crippen molar-refractivity contribution in [1.29, 1.82) is 0 Å². The number of anilines is 1. The van der Waals surface area contributed by atoms with Gasteiger partial charge in [0.15, 0.2) is 5.82 Å². The van der Waals surface area contributed by atoms with Gasteiger partial charge in [0.25, 0.3) is 0 Å². The summed E-state index contributed by atoms with van der Waals surface area (Å²) in [4.78, 5) is 0.0281. The van der Waals surface area contributed by atoms with Crippen LogP contribution in [0.15, 0.2) is 29.2 Å². The second-order valence-electron chi connectivity index (χ2n) is 3.65. The Labute approximate surface area is 104 Å². The van der Waals surface area contributed by atoms with Crippen LogP contribution in [0.1, 0.15) is 18.8 Å². The van der Waals surface area contributed by atoms with E-state index in [0.717, 1.165) is 0 Å². The molecule has 0 fully saturated rings. The van der Waals surface area contributed by atoms with Gasteiger partial charge in [0, 0.05) is 0 Å². The van der Waals surface area contributed by atoms with Crippen molar-refractivity contribution >= 4 is 15.7 Å². The second kappa shape index (κ2) is 4.70. The maximum Gasteiger partial charge on any atom is 0.243 e. The summed E-state index contributed by atoms with van der Waals surface area (Å²) < 4.78 is 26.6. The summed E-state index contributed by atoms with van der Waals surface area (Å²) in [6, 6.07) is 5.61. The van der Waals surface area contributed by atoms with Gasteiger partial charge in [-0.05, 0) is 19.1 Å². The highest BCUT2D eigenvalue weighted by molar-refractivity contribution is 7.89. The maximum atomic E-state index is 12.1. The van der Waals surface area contributed by atoms with E-state index in [1.54, 1.807) is 19.1 Å². The number of sulfonamides is 1. The van der Waals surface area contributed by atoms with Gasteiger partial charge < -0.3 is 5.73 Å². The molecule has 9 heteroatoms. The number of nitrogens with two attached hydrogens (primary N) is 1. The fourth-order valence-electron chi connectivity index (χ4n) is 1.43. The fraction of sp³-hybridized carbons (Fsp3) is 0.222. The first-order valence-electron chi connectivity index (χ1n) is 5.11. The molecule has 0 aliphatic carbocycles. The number of nitrogens with one attached hydrogen (secondary N) is 2. The normalized spacial score (nSPS) is 13.4. The lowest BCUT2D eigenvalue weighted by Gasteiger charge is -2.12. The number of rotatable bonds is 4. The minimum atomic E-state index is -3.71. The number of para-hydroxylation sites is 1. The number of aromatic nitrogens is 4. The molecule has 1 atom stereocenters.